The van der Waals surface area contributed by atoms with Gasteiger partial charge in [0.15, 0.2) is 0 Å². The van der Waals surface area contributed by atoms with Gasteiger partial charge in [-0.1, -0.05) is 18.2 Å². The number of carbonyl (C=O) groups excluding carboxylic acids is 5. The van der Waals surface area contributed by atoms with Gasteiger partial charge in [0, 0.05) is 70.8 Å². The summed E-state index contributed by atoms with van der Waals surface area (Å²) in [5, 5.41) is 9.24. The minimum Gasteiger partial charge on any atom is -0.491 e. The lowest BCUT2D eigenvalue weighted by Crippen LogP contribution is -2.49. The van der Waals surface area contributed by atoms with Gasteiger partial charge in [-0.2, -0.15) is 0 Å². The Kier molecular flexibility index (Phi) is 11.4. The first-order chi connectivity index (χ1) is 23.4. The smallest absolute Gasteiger partial charge is 0.258 e. The van der Waals surface area contributed by atoms with E-state index >= 15 is 0 Å². The summed E-state index contributed by atoms with van der Waals surface area (Å²) in [5.41, 5.74) is 2.04. The third-order valence-electron chi connectivity index (χ3n) is 9.45. The van der Waals surface area contributed by atoms with Crippen molar-refractivity contribution in [2.24, 2.45) is 0 Å². The Hall–Kier alpha value is -4.72. The number of benzene rings is 2. The molecular weight excluding hydrogens is 633 g/mol. The molecule has 5 amide bonds. The summed E-state index contributed by atoms with van der Waals surface area (Å²) < 4.78 is 20.6. The predicted molar refractivity (Wildman–Crippen MR) is 181 cm³/mol. The molecule has 3 N–H and O–H groups in total. The Morgan fingerprint density at radius 2 is 1.86 bits per heavy atom. The van der Waals surface area contributed by atoms with E-state index in [2.05, 4.69) is 16.0 Å². The average Bonchev–Trinajstić information content (AvgIpc) is 3.66. The molecule has 3 aliphatic heterocycles. The van der Waals surface area contributed by atoms with Crippen molar-refractivity contribution in [3.63, 3.8) is 0 Å². The normalized spacial score (nSPS) is 23.1. The van der Waals surface area contributed by atoms with E-state index in [4.69, 9.17) is 4.74 Å². The largest absolute Gasteiger partial charge is 0.491 e. The molecule has 5 rings (SSSR count). The van der Waals surface area contributed by atoms with Crippen molar-refractivity contribution in [2.45, 2.75) is 49.7 Å². The monoisotopic (exact) mass is 679 g/mol. The van der Waals surface area contributed by atoms with Gasteiger partial charge in [-0.3, -0.25) is 24.0 Å². The molecule has 3 heterocycles. The zero-order valence-electron chi connectivity index (χ0n) is 28.5. The minimum atomic E-state index is -1.04. The lowest BCUT2D eigenvalue weighted by Gasteiger charge is -2.28. The number of amides is 5. The lowest BCUT2D eigenvalue weighted by atomic mass is 9.97. The summed E-state index contributed by atoms with van der Waals surface area (Å²) in [6.45, 7) is 1.51. The molecular formula is C35H46FN7O6. The maximum atomic E-state index is 14.5. The van der Waals surface area contributed by atoms with Crippen LogP contribution in [0.15, 0.2) is 42.5 Å². The molecule has 0 aliphatic carbocycles. The van der Waals surface area contributed by atoms with E-state index in [1.807, 2.05) is 43.3 Å². The highest BCUT2D eigenvalue weighted by Crippen LogP contribution is 2.33. The fourth-order valence-electron chi connectivity index (χ4n) is 6.70. The summed E-state index contributed by atoms with van der Waals surface area (Å²) in [5.74, 6) is -2.46. The Labute approximate surface area is 286 Å². The summed E-state index contributed by atoms with van der Waals surface area (Å²) in [6.07, 6.45) is 0.547. The van der Waals surface area contributed by atoms with Crippen molar-refractivity contribution in [3.05, 3.63) is 59.4 Å². The predicted octanol–water partition coefficient (Wildman–Crippen LogP) is 1.26. The van der Waals surface area contributed by atoms with Crippen LogP contribution < -0.4 is 20.7 Å². The number of carbonyl (C=O) groups is 5. The lowest BCUT2D eigenvalue weighted by molar-refractivity contribution is -0.140. The van der Waals surface area contributed by atoms with Crippen LogP contribution in [0.4, 0.5) is 10.1 Å². The van der Waals surface area contributed by atoms with Crippen LogP contribution in [0.3, 0.4) is 0 Å². The molecule has 0 aromatic heterocycles. The van der Waals surface area contributed by atoms with Crippen LogP contribution >= 0.6 is 0 Å². The average molecular weight is 680 g/mol. The molecule has 1 fully saturated rings. The van der Waals surface area contributed by atoms with Gasteiger partial charge in [-0.25, -0.2) is 4.39 Å². The third-order valence-corrected chi connectivity index (χ3v) is 9.45. The van der Waals surface area contributed by atoms with Gasteiger partial charge in [-0.05, 0) is 56.8 Å². The van der Waals surface area contributed by atoms with Crippen LogP contribution in [0.5, 0.6) is 5.75 Å². The fraction of sp³-hybridized carbons (Fsp3) is 0.514. The molecule has 1 saturated heterocycles. The van der Waals surface area contributed by atoms with Crippen LogP contribution in [-0.2, 0) is 19.2 Å². The van der Waals surface area contributed by atoms with Gasteiger partial charge in [0.1, 0.15) is 24.2 Å². The molecule has 2 aromatic rings. The number of ether oxygens (including phenoxy) is 1. The van der Waals surface area contributed by atoms with Crippen LogP contribution in [0.1, 0.15) is 47.5 Å². The summed E-state index contributed by atoms with van der Waals surface area (Å²) in [7, 11) is 6.69. The number of hydrogen-bond acceptors (Lipinski definition) is 8. The summed E-state index contributed by atoms with van der Waals surface area (Å²) in [4.78, 5) is 73.2. The van der Waals surface area contributed by atoms with E-state index in [-0.39, 0.29) is 80.0 Å². The van der Waals surface area contributed by atoms with Gasteiger partial charge < -0.3 is 40.3 Å². The topological polar surface area (TPSA) is 144 Å². The minimum absolute atomic E-state index is 0.0136. The number of halogens is 1. The molecule has 0 bridgehead atoms. The van der Waals surface area contributed by atoms with Crippen molar-refractivity contribution in [1.29, 1.82) is 0 Å². The van der Waals surface area contributed by atoms with Gasteiger partial charge in [-0.15, -0.1) is 0 Å². The highest BCUT2D eigenvalue weighted by molar-refractivity contribution is 5.99. The van der Waals surface area contributed by atoms with E-state index < -0.39 is 29.7 Å². The van der Waals surface area contributed by atoms with Gasteiger partial charge >= 0.3 is 0 Å². The molecule has 4 atom stereocenters. The Balaban J connectivity index is 1.34. The van der Waals surface area contributed by atoms with Crippen molar-refractivity contribution < 1.29 is 33.1 Å². The van der Waals surface area contributed by atoms with Crippen LogP contribution in [0.25, 0.3) is 0 Å². The summed E-state index contributed by atoms with van der Waals surface area (Å²) >= 11 is 0. The van der Waals surface area contributed by atoms with Crippen molar-refractivity contribution in [3.8, 4) is 5.75 Å². The number of hydrogen-bond donors (Lipinski definition) is 3. The van der Waals surface area contributed by atoms with E-state index in [0.717, 1.165) is 17.3 Å². The Bertz CT molecular complexity index is 1570. The second-order valence-corrected chi connectivity index (χ2v) is 13.3. The number of anilines is 1. The number of nitrogens with one attached hydrogen (secondary N) is 3. The number of fused-ring (bicyclic) bond motifs is 3. The molecule has 0 radical (unpaired) electrons. The molecule has 3 aliphatic rings. The van der Waals surface area contributed by atoms with E-state index in [9.17, 15) is 28.4 Å². The molecule has 264 valence electrons. The maximum Gasteiger partial charge on any atom is 0.258 e. The van der Waals surface area contributed by atoms with Gasteiger partial charge in [0.2, 0.25) is 23.6 Å². The van der Waals surface area contributed by atoms with E-state index in [1.54, 1.807) is 4.90 Å². The van der Waals surface area contributed by atoms with Gasteiger partial charge in [0.25, 0.3) is 5.91 Å². The third kappa shape index (κ3) is 8.66. The fourth-order valence-corrected chi connectivity index (χ4v) is 6.70. The highest BCUT2D eigenvalue weighted by Gasteiger charge is 2.38. The zero-order valence-corrected chi connectivity index (χ0v) is 28.5. The maximum absolute atomic E-state index is 14.5. The SMILES string of the molecule is CN(C)CCNC(=O)[C@@H]1CCC(=O)N(C)CC(=O)N2C[C@@H](NC(=O)CC3CNc4ccccc43)C[C@H]2COc2ccc(F)cc2C(=O)N1C. The zero-order chi connectivity index (χ0) is 35.2. The molecule has 1 unspecified atom stereocenters. The second-order valence-electron chi connectivity index (χ2n) is 13.3. The first-order valence-corrected chi connectivity index (χ1v) is 16.7. The Morgan fingerprint density at radius 1 is 1.08 bits per heavy atom. The number of para-hydroxylation sites is 1. The number of likely N-dealkylation sites (N-methyl/N-ethyl adjacent to an activating group) is 3. The van der Waals surface area contributed by atoms with Crippen LogP contribution in [-0.4, -0.2) is 135 Å². The van der Waals surface area contributed by atoms with Crippen molar-refractivity contribution in [2.75, 3.05) is 72.8 Å². The first kappa shape index (κ1) is 35.6. The molecule has 0 saturated carbocycles. The quantitative estimate of drug-likeness (QED) is 0.397. The Morgan fingerprint density at radius 3 is 2.63 bits per heavy atom. The van der Waals surface area contributed by atoms with Crippen molar-refractivity contribution >= 4 is 35.2 Å². The number of rotatable bonds is 7. The van der Waals surface area contributed by atoms with E-state index in [1.165, 1.54) is 36.0 Å². The van der Waals surface area contributed by atoms with Crippen LogP contribution in [0, 0.1) is 5.82 Å². The van der Waals surface area contributed by atoms with Gasteiger partial charge in [0.05, 0.1) is 18.2 Å². The number of nitrogens with zero attached hydrogens (tertiary/aromatic N) is 4. The molecule has 2 aromatic carbocycles. The molecule has 14 heteroatoms. The molecule has 0 spiro atoms. The second kappa shape index (κ2) is 15.7. The molecule has 13 nitrogen and oxygen atoms in total. The first-order valence-electron chi connectivity index (χ1n) is 16.7. The van der Waals surface area contributed by atoms with Crippen molar-refractivity contribution in [1.82, 2.24) is 30.2 Å². The highest BCUT2D eigenvalue weighted by atomic mass is 19.1. The van der Waals surface area contributed by atoms with Crippen LogP contribution in [0.2, 0.25) is 0 Å². The summed E-state index contributed by atoms with van der Waals surface area (Å²) in [6, 6.07) is 9.60. The van der Waals surface area contributed by atoms with E-state index in [0.29, 0.717) is 26.1 Å². The molecule has 49 heavy (non-hydrogen) atoms. The standard InChI is InChI=1S/C35H46FN7O6/c1-40(2)14-13-37-34(47)29-10-12-32(45)41(3)20-33(46)43-19-24(39-31(44)15-22-18-38-28-8-6-5-7-26(22)28)17-25(43)21-49-30-11-9-23(36)16-27(30)35(48)42(29)4/h5-9,11,16,22,24-25,29,38H,10,12-15,17-21H2,1-4H3,(H,37,47)(H,39,44)/t22?,24-,25-,29-/m0/s1.